The van der Waals surface area contributed by atoms with Gasteiger partial charge in [-0.3, -0.25) is 0 Å². The lowest BCUT2D eigenvalue weighted by atomic mass is 9.81. The van der Waals surface area contributed by atoms with Crippen LogP contribution >= 0.6 is 0 Å². The maximum atomic E-state index is 13.2. The van der Waals surface area contributed by atoms with E-state index in [9.17, 15) is 13.2 Å². The fourth-order valence-corrected chi connectivity index (χ4v) is 2.59. The van der Waals surface area contributed by atoms with Crippen LogP contribution in [0.5, 0.6) is 0 Å². The van der Waals surface area contributed by atoms with Gasteiger partial charge < -0.3 is 10.2 Å². The molecule has 1 rings (SSSR count). The van der Waals surface area contributed by atoms with E-state index in [1.807, 2.05) is 32.8 Å². The standard InChI is InChI=1S/C15H23F3N2/c1-6-14(2,20(4)5)13(19-3)11-9-7-8-10-12(11)15(16,17)18/h7-10,13,19H,6H2,1-5H3. The van der Waals surface area contributed by atoms with Crippen molar-refractivity contribution in [1.29, 1.82) is 0 Å². The van der Waals surface area contributed by atoms with Crippen LogP contribution in [0.15, 0.2) is 24.3 Å². The van der Waals surface area contributed by atoms with Crippen molar-refractivity contribution in [1.82, 2.24) is 10.2 Å². The lowest BCUT2D eigenvalue weighted by molar-refractivity contribution is -0.138. The Morgan fingerprint density at radius 1 is 1.20 bits per heavy atom. The van der Waals surface area contributed by atoms with Crippen LogP contribution in [0, 0.1) is 0 Å². The van der Waals surface area contributed by atoms with Gasteiger partial charge in [0.25, 0.3) is 0 Å². The number of benzene rings is 1. The molecule has 0 aromatic heterocycles. The average molecular weight is 288 g/mol. The number of rotatable bonds is 5. The number of nitrogens with one attached hydrogen (secondary N) is 1. The molecule has 20 heavy (non-hydrogen) atoms. The molecule has 0 spiro atoms. The largest absolute Gasteiger partial charge is 0.416 e. The van der Waals surface area contributed by atoms with Crippen LogP contribution in [0.25, 0.3) is 0 Å². The number of nitrogens with zero attached hydrogens (tertiary/aromatic N) is 1. The fraction of sp³-hybridized carbons (Fsp3) is 0.600. The molecule has 0 bridgehead atoms. The smallest absolute Gasteiger partial charge is 0.311 e. The first-order valence-electron chi connectivity index (χ1n) is 6.69. The van der Waals surface area contributed by atoms with Gasteiger partial charge in [0.05, 0.1) is 11.6 Å². The topological polar surface area (TPSA) is 15.3 Å². The molecule has 0 fully saturated rings. The Bertz CT molecular complexity index is 443. The van der Waals surface area contributed by atoms with E-state index in [-0.39, 0.29) is 0 Å². The summed E-state index contributed by atoms with van der Waals surface area (Å²) in [6, 6.07) is 5.38. The molecule has 0 heterocycles. The summed E-state index contributed by atoms with van der Waals surface area (Å²) in [5.74, 6) is 0. The van der Waals surface area contributed by atoms with Crippen LogP contribution in [0.4, 0.5) is 13.2 Å². The summed E-state index contributed by atoms with van der Waals surface area (Å²) in [6.45, 7) is 3.96. The molecular weight excluding hydrogens is 265 g/mol. The van der Waals surface area contributed by atoms with Crippen molar-refractivity contribution in [2.45, 2.75) is 38.0 Å². The van der Waals surface area contributed by atoms with Crippen LogP contribution in [-0.2, 0) is 6.18 Å². The maximum absolute atomic E-state index is 13.2. The highest BCUT2D eigenvalue weighted by Gasteiger charge is 2.41. The first-order chi connectivity index (χ1) is 9.18. The molecule has 1 aromatic rings. The second kappa shape index (κ2) is 6.14. The summed E-state index contributed by atoms with van der Waals surface area (Å²) >= 11 is 0. The minimum atomic E-state index is -4.34. The minimum Gasteiger partial charge on any atom is -0.311 e. The van der Waals surface area contributed by atoms with Gasteiger partial charge in [0, 0.05) is 5.54 Å². The van der Waals surface area contributed by atoms with Crippen molar-refractivity contribution < 1.29 is 13.2 Å². The zero-order valence-electron chi connectivity index (χ0n) is 12.7. The highest BCUT2D eigenvalue weighted by Crippen LogP contribution is 2.39. The summed E-state index contributed by atoms with van der Waals surface area (Å²) in [7, 11) is 5.49. The minimum absolute atomic E-state index is 0.292. The van der Waals surface area contributed by atoms with Crippen LogP contribution in [0.1, 0.15) is 37.4 Å². The van der Waals surface area contributed by atoms with Crippen molar-refractivity contribution >= 4 is 0 Å². The summed E-state index contributed by atoms with van der Waals surface area (Å²) in [5, 5.41) is 3.06. The van der Waals surface area contributed by atoms with E-state index in [4.69, 9.17) is 0 Å². The summed E-state index contributed by atoms with van der Waals surface area (Å²) in [5.41, 5.74) is -0.683. The third-order valence-electron chi connectivity index (χ3n) is 4.23. The quantitative estimate of drug-likeness (QED) is 0.889. The van der Waals surface area contributed by atoms with E-state index in [1.165, 1.54) is 6.07 Å². The average Bonchev–Trinajstić information content (AvgIpc) is 2.38. The molecule has 0 radical (unpaired) electrons. The summed E-state index contributed by atoms with van der Waals surface area (Å²) < 4.78 is 39.6. The Balaban J connectivity index is 3.40. The number of hydrogen-bond donors (Lipinski definition) is 1. The SMILES string of the molecule is CCC(C)(C(NC)c1ccccc1C(F)(F)F)N(C)C. The second-order valence-corrected chi connectivity index (χ2v) is 5.41. The van der Waals surface area contributed by atoms with E-state index in [0.29, 0.717) is 5.56 Å². The Morgan fingerprint density at radius 2 is 1.75 bits per heavy atom. The molecule has 2 atom stereocenters. The van der Waals surface area contributed by atoms with Gasteiger partial charge in [0.1, 0.15) is 0 Å². The Morgan fingerprint density at radius 3 is 2.15 bits per heavy atom. The predicted molar refractivity (Wildman–Crippen MR) is 75.6 cm³/mol. The number of alkyl halides is 3. The van der Waals surface area contributed by atoms with Crippen molar-refractivity contribution in [2.24, 2.45) is 0 Å². The molecule has 114 valence electrons. The number of hydrogen-bond acceptors (Lipinski definition) is 2. The van der Waals surface area contributed by atoms with Gasteiger partial charge in [-0.2, -0.15) is 13.2 Å². The molecule has 0 saturated carbocycles. The molecule has 1 aromatic carbocycles. The van der Waals surface area contributed by atoms with Gasteiger partial charge in [0.15, 0.2) is 0 Å². The third kappa shape index (κ3) is 3.15. The van der Waals surface area contributed by atoms with Crippen molar-refractivity contribution in [3.05, 3.63) is 35.4 Å². The predicted octanol–water partition coefficient (Wildman–Crippen LogP) is 3.70. The lowest BCUT2D eigenvalue weighted by Gasteiger charge is -2.43. The van der Waals surface area contributed by atoms with Crippen LogP contribution in [-0.4, -0.2) is 31.6 Å². The summed E-state index contributed by atoms with van der Waals surface area (Å²) in [6.07, 6.45) is -3.61. The van der Waals surface area contributed by atoms with Crippen LogP contribution in [0.3, 0.4) is 0 Å². The first kappa shape index (κ1) is 17.0. The highest BCUT2D eigenvalue weighted by atomic mass is 19.4. The molecule has 2 unspecified atom stereocenters. The van der Waals surface area contributed by atoms with Crippen LogP contribution in [0.2, 0.25) is 0 Å². The van der Waals surface area contributed by atoms with Crippen molar-refractivity contribution in [3.63, 3.8) is 0 Å². The Hall–Kier alpha value is -1.07. The highest BCUT2D eigenvalue weighted by molar-refractivity contribution is 5.34. The maximum Gasteiger partial charge on any atom is 0.416 e. The lowest BCUT2D eigenvalue weighted by Crippen LogP contribution is -2.50. The van der Waals surface area contributed by atoms with Crippen LogP contribution < -0.4 is 5.32 Å². The molecule has 0 aliphatic heterocycles. The molecule has 0 aliphatic rings. The summed E-state index contributed by atoms with van der Waals surface area (Å²) in [4.78, 5) is 1.97. The zero-order chi connectivity index (χ0) is 15.6. The second-order valence-electron chi connectivity index (χ2n) is 5.41. The van der Waals surface area contributed by atoms with Gasteiger partial charge in [-0.1, -0.05) is 25.1 Å². The van der Waals surface area contributed by atoms with Gasteiger partial charge in [-0.15, -0.1) is 0 Å². The van der Waals surface area contributed by atoms with E-state index in [1.54, 1.807) is 19.2 Å². The monoisotopic (exact) mass is 288 g/mol. The van der Waals surface area contributed by atoms with E-state index in [2.05, 4.69) is 5.32 Å². The van der Waals surface area contributed by atoms with Gasteiger partial charge in [-0.05, 0) is 46.1 Å². The van der Waals surface area contributed by atoms with E-state index >= 15 is 0 Å². The van der Waals surface area contributed by atoms with E-state index in [0.717, 1.165) is 12.5 Å². The number of likely N-dealkylation sites (N-methyl/N-ethyl adjacent to an activating group) is 2. The normalized spacial score (nSPS) is 17.1. The fourth-order valence-electron chi connectivity index (χ4n) is 2.59. The van der Waals surface area contributed by atoms with Gasteiger partial charge in [-0.25, -0.2) is 0 Å². The van der Waals surface area contributed by atoms with E-state index < -0.39 is 23.3 Å². The van der Waals surface area contributed by atoms with Crippen molar-refractivity contribution in [3.8, 4) is 0 Å². The Kier molecular flexibility index (Phi) is 5.21. The molecule has 0 aliphatic carbocycles. The zero-order valence-corrected chi connectivity index (χ0v) is 12.7. The molecular formula is C15H23F3N2. The third-order valence-corrected chi connectivity index (χ3v) is 4.23. The van der Waals surface area contributed by atoms with Gasteiger partial charge in [0.2, 0.25) is 0 Å². The van der Waals surface area contributed by atoms with Gasteiger partial charge >= 0.3 is 6.18 Å². The molecule has 1 N–H and O–H groups in total. The molecule has 5 heteroatoms. The molecule has 0 saturated heterocycles. The van der Waals surface area contributed by atoms with Crippen molar-refractivity contribution in [2.75, 3.05) is 21.1 Å². The molecule has 2 nitrogen and oxygen atoms in total. The molecule has 0 amide bonds. The Labute approximate surface area is 119 Å². The first-order valence-corrected chi connectivity index (χ1v) is 6.69. The number of halogens is 3.